The van der Waals surface area contributed by atoms with Gasteiger partial charge in [-0.3, -0.25) is 9.59 Å². The summed E-state index contributed by atoms with van der Waals surface area (Å²) in [5, 5.41) is 27.6. The van der Waals surface area contributed by atoms with Gasteiger partial charge in [0.05, 0.1) is 5.92 Å². The summed E-state index contributed by atoms with van der Waals surface area (Å²) in [5.74, 6) is -3.26. The highest BCUT2D eigenvalue weighted by Crippen LogP contribution is 2.47. The molecule has 5 N–H and O–H groups in total. The molecule has 1 aromatic carbocycles. The van der Waals surface area contributed by atoms with Crippen molar-refractivity contribution in [1.82, 2.24) is 0 Å². The quantitative estimate of drug-likeness (QED) is 0.612. The molecule has 1 aliphatic rings. The zero-order chi connectivity index (χ0) is 14.9. The van der Waals surface area contributed by atoms with Crippen LogP contribution in [0.15, 0.2) is 24.3 Å². The monoisotopic (exact) mass is 279 g/mol. The number of rotatable bonds is 6. The van der Waals surface area contributed by atoms with Crippen LogP contribution in [0.2, 0.25) is 0 Å². The highest BCUT2D eigenvalue weighted by atomic mass is 16.4. The van der Waals surface area contributed by atoms with Crippen molar-refractivity contribution < 1.29 is 24.9 Å². The van der Waals surface area contributed by atoms with Gasteiger partial charge in [0.1, 0.15) is 11.3 Å². The lowest BCUT2D eigenvalue weighted by molar-refractivity contribution is -0.145. The van der Waals surface area contributed by atoms with Crippen molar-refractivity contribution in [3.8, 4) is 5.75 Å². The summed E-state index contributed by atoms with van der Waals surface area (Å²) in [7, 11) is 0. The smallest absolute Gasteiger partial charge is 0.324 e. The number of carboxylic acids is 2. The average Bonchev–Trinajstić information content (AvgIpc) is 3.16. The van der Waals surface area contributed by atoms with Gasteiger partial charge in [-0.25, -0.2) is 0 Å². The van der Waals surface area contributed by atoms with Crippen LogP contribution in [-0.4, -0.2) is 32.8 Å². The molecule has 6 nitrogen and oxygen atoms in total. The number of aromatic hydroxyl groups is 1. The van der Waals surface area contributed by atoms with Crippen molar-refractivity contribution >= 4 is 11.9 Å². The van der Waals surface area contributed by atoms with Gasteiger partial charge >= 0.3 is 11.9 Å². The molecule has 6 heteroatoms. The van der Waals surface area contributed by atoms with E-state index in [9.17, 15) is 19.8 Å². The summed E-state index contributed by atoms with van der Waals surface area (Å²) in [6.07, 6.45) is 0.818. The van der Waals surface area contributed by atoms with E-state index in [-0.39, 0.29) is 12.2 Å². The van der Waals surface area contributed by atoms with Crippen molar-refractivity contribution in [1.29, 1.82) is 0 Å². The topological polar surface area (TPSA) is 121 Å². The number of nitrogens with two attached hydrogens (primary N) is 1. The van der Waals surface area contributed by atoms with Gasteiger partial charge in [-0.15, -0.1) is 0 Å². The molecule has 20 heavy (non-hydrogen) atoms. The minimum absolute atomic E-state index is 0.107. The molecule has 0 spiro atoms. The van der Waals surface area contributed by atoms with Gasteiger partial charge in [0, 0.05) is 5.92 Å². The summed E-state index contributed by atoms with van der Waals surface area (Å²) >= 11 is 0. The zero-order valence-electron chi connectivity index (χ0n) is 10.8. The highest BCUT2D eigenvalue weighted by Gasteiger charge is 2.57. The van der Waals surface area contributed by atoms with Crippen molar-refractivity contribution in [2.24, 2.45) is 17.6 Å². The number of hydrogen-bond donors (Lipinski definition) is 4. The van der Waals surface area contributed by atoms with Crippen molar-refractivity contribution in [2.75, 3.05) is 0 Å². The van der Waals surface area contributed by atoms with Crippen molar-refractivity contribution in [3.63, 3.8) is 0 Å². The summed E-state index contributed by atoms with van der Waals surface area (Å²) in [5.41, 5.74) is 5.17. The second-order valence-corrected chi connectivity index (χ2v) is 5.30. The Labute approximate surface area is 115 Å². The third-order valence-electron chi connectivity index (χ3n) is 3.91. The summed E-state index contributed by atoms with van der Waals surface area (Å²) < 4.78 is 0. The Bertz CT molecular complexity index is 544. The molecule has 0 bridgehead atoms. The van der Waals surface area contributed by atoms with Gasteiger partial charge in [-0.2, -0.15) is 0 Å². The van der Waals surface area contributed by atoms with Gasteiger partial charge in [0.2, 0.25) is 0 Å². The number of carboxylic acid groups (broad SMARTS) is 2. The fourth-order valence-corrected chi connectivity index (χ4v) is 2.55. The maximum absolute atomic E-state index is 11.4. The summed E-state index contributed by atoms with van der Waals surface area (Å²) in [6.45, 7) is 0. The molecule has 1 unspecified atom stereocenters. The van der Waals surface area contributed by atoms with Crippen LogP contribution in [0.4, 0.5) is 0 Å². The second kappa shape index (κ2) is 5.13. The Morgan fingerprint density at radius 2 is 2.05 bits per heavy atom. The summed E-state index contributed by atoms with van der Waals surface area (Å²) in [4.78, 5) is 22.3. The molecule has 1 saturated carbocycles. The van der Waals surface area contributed by atoms with Crippen LogP contribution in [0.25, 0.3) is 0 Å². The van der Waals surface area contributed by atoms with E-state index in [0.29, 0.717) is 12.8 Å². The Morgan fingerprint density at radius 1 is 1.35 bits per heavy atom. The van der Waals surface area contributed by atoms with Crippen LogP contribution < -0.4 is 5.73 Å². The third-order valence-corrected chi connectivity index (χ3v) is 3.91. The number of aliphatic carboxylic acids is 2. The lowest BCUT2D eigenvalue weighted by Gasteiger charge is -2.25. The number of aryl methyl sites for hydroxylation is 1. The molecule has 0 radical (unpaired) electrons. The fourth-order valence-electron chi connectivity index (χ4n) is 2.55. The Balaban J connectivity index is 2.07. The maximum Gasteiger partial charge on any atom is 0.324 e. The number of phenolic OH excluding ortho intramolecular Hbond substituents is 1. The first-order valence-electron chi connectivity index (χ1n) is 6.37. The normalized spacial score (nSPS) is 23.9. The molecule has 0 aromatic heterocycles. The highest BCUT2D eigenvalue weighted by molar-refractivity contribution is 5.83. The van der Waals surface area contributed by atoms with Crippen LogP contribution in [0.5, 0.6) is 5.75 Å². The lowest BCUT2D eigenvalue weighted by Crippen LogP contribution is -2.51. The second-order valence-electron chi connectivity index (χ2n) is 5.30. The molecule has 2 rings (SSSR count). The largest absolute Gasteiger partial charge is 0.508 e. The van der Waals surface area contributed by atoms with E-state index < -0.39 is 29.3 Å². The number of hydrogen-bond acceptors (Lipinski definition) is 4. The van der Waals surface area contributed by atoms with Gasteiger partial charge < -0.3 is 21.1 Å². The standard InChI is InChI=1S/C14H17NO5/c15-14(13(19)20,11-7-10(11)12(17)18)5-4-8-2-1-3-9(16)6-8/h1-3,6,10-11,16H,4-5,7,15H2,(H,17,18)(H,19,20)/t10-,11-,14?/m0/s1. The van der Waals surface area contributed by atoms with E-state index in [4.69, 9.17) is 10.8 Å². The molecule has 1 fully saturated rings. The van der Waals surface area contributed by atoms with Gasteiger partial charge in [0.25, 0.3) is 0 Å². The Hall–Kier alpha value is -2.08. The van der Waals surface area contributed by atoms with Crippen LogP contribution in [0.1, 0.15) is 18.4 Å². The number of phenols is 1. The van der Waals surface area contributed by atoms with Crippen LogP contribution in [0.3, 0.4) is 0 Å². The first kappa shape index (κ1) is 14.3. The predicted molar refractivity (Wildman–Crippen MR) is 70.2 cm³/mol. The molecule has 1 aliphatic carbocycles. The van der Waals surface area contributed by atoms with E-state index in [2.05, 4.69) is 0 Å². The molecule has 0 heterocycles. The number of benzene rings is 1. The number of carbonyl (C=O) groups is 2. The third kappa shape index (κ3) is 2.75. The van der Waals surface area contributed by atoms with Crippen LogP contribution >= 0.6 is 0 Å². The summed E-state index contributed by atoms with van der Waals surface area (Å²) in [6, 6.07) is 6.51. The first-order valence-corrected chi connectivity index (χ1v) is 6.37. The molecule has 0 aliphatic heterocycles. The molecule has 3 atom stereocenters. The zero-order valence-corrected chi connectivity index (χ0v) is 10.8. The van der Waals surface area contributed by atoms with E-state index in [0.717, 1.165) is 5.56 Å². The SMILES string of the molecule is NC(CCc1cccc(O)c1)(C(=O)O)[C@H]1C[C@@H]1C(=O)O. The van der Waals surface area contributed by atoms with Gasteiger partial charge in [-0.05, 0) is 37.0 Å². The molecular weight excluding hydrogens is 262 g/mol. The Morgan fingerprint density at radius 3 is 2.55 bits per heavy atom. The maximum atomic E-state index is 11.4. The van der Waals surface area contributed by atoms with Crippen molar-refractivity contribution in [2.45, 2.75) is 24.8 Å². The van der Waals surface area contributed by atoms with Crippen molar-refractivity contribution in [3.05, 3.63) is 29.8 Å². The predicted octanol–water partition coefficient (Wildman–Crippen LogP) is 0.828. The average molecular weight is 279 g/mol. The van der Waals surface area contributed by atoms with E-state index in [1.165, 1.54) is 6.07 Å². The minimum atomic E-state index is -1.53. The van der Waals surface area contributed by atoms with Crippen LogP contribution in [0, 0.1) is 11.8 Å². The molecular formula is C14H17NO5. The molecule has 0 amide bonds. The lowest BCUT2D eigenvalue weighted by atomic mass is 9.86. The Kier molecular flexibility index (Phi) is 3.67. The van der Waals surface area contributed by atoms with E-state index >= 15 is 0 Å². The molecule has 0 saturated heterocycles. The van der Waals surface area contributed by atoms with Gasteiger partial charge in [0.15, 0.2) is 0 Å². The molecule has 1 aromatic rings. The van der Waals surface area contributed by atoms with E-state index in [1.54, 1.807) is 18.2 Å². The van der Waals surface area contributed by atoms with Gasteiger partial charge in [-0.1, -0.05) is 12.1 Å². The van der Waals surface area contributed by atoms with Crippen LogP contribution in [-0.2, 0) is 16.0 Å². The first-order chi connectivity index (χ1) is 9.34. The van der Waals surface area contributed by atoms with E-state index in [1.807, 2.05) is 0 Å². The molecule has 108 valence electrons. The fraction of sp³-hybridized carbons (Fsp3) is 0.429. The minimum Gasteiger partial charge on any atom is -0.508 e.